The van der Waals surface area contributed by atoms with Gasteiger partial charge in [-0.05, 0) is 18.9 Å². The lowest BCUT2D eigenvalue weighted by atomic mass is 10.1. The third-order valence-corrected chi connectivity index (χ3v) is 3.56. The van der Waals surface area contributed by atoms with Crippen LogP contribution in [0.1, 0.15) is 18.4 Å². The summed E-state index contributed by atoms with van der Waals surface area (Å²) in [7, 11) is 3.39. The largest absolute Gasteiger partial charge is 0.496 e. The summed E-state index contributed by atoms with van der Waals surface area (Å²) in [4.78, 5) is 13.9. The molecule has 1 aliphatic carbocycles. The first-order valence-corrected chi connectivity index (χ1v) is 6.11. The topological polar surface area (TPSA) is 49.8 Å². The number of para-hydroxylation sites is 1. The van der Waals surface area contributed by atoms with Crippen LogP contribution in [0.3, 0.4) is 0 Å². The predicted octanol–water partition coefficient (Wildman–Crippen LogP) is 1.43. The van der Waals surface area contributed by atoms with Crippen LogP contribution >= 0.6 is 0 Å². The van der Waals surface area contributed by atoms with Gasteiger partial charge < -0.3 is 14.7 Å². The number of carbonyl (C=O) groups excluding carboxylic acids is 1. The van der Waals surface area contributed by atoms with E-state index in [0.29, 0.717) is 6.54 Å². The Labute approximate surface area is 107 Å². The summed E-state index contributed by atoms with van der Waals surface area (Å²) in [6.07, 6.45) is 1.58. The predicted molar refractivity (Wildman–Crippen MR) is 68.2 cm³/mol. The van der Waals surface area contributed by atoms with Gasteiger partial charge in [0, 0.05) is 19.2 Å². The van der Waals surface area contributed by atoms with Gasteiger partial charge in [0.1, 0.15) is 5.75 Å². The molecule has 0 saturated heterocycles. The van der Waals surface area contributed by atoms with Crippen molar-refractivity contribution in [1.29, 1.82) is 0 Å². The van der Waals surface area contributed by atoms with E-state index in [1.54, 1.807) is 19.1 Å². The molecule has 0 atom stereocenters. The van der Waals surface area contributed by atoms with Crippen LogP contribution in [0.25, 0.3) is 0 Å². The maximum absolute atomic E-state index is 12.2. The second-order valence-electron chi connectivity index (χ2n) is 4.91. The fraction of sp³-hybridized carbons (Fsp3) is 0.500. The molecule has 4 heteroatoms. The Morgan fingerprint density at radius 1 is 1.44 bits per heavy atom. The highest BCUT2D eigenvalue weighted by Gasteiger charge is 2.50. The summed E-state index contributed by atoms with van der Waals surface area (Å²) in [5, 5.41) is 9.27. The number of hydrogen-bond donors (Lipinski definition) is 1. The van der Waals surface area contributed by atoms with E-state index in [1.807, 2.05) is 24.3 Å². The summed E-state index contributed by atoms with van der Waals surface area (Å²) in [6.45, 7) is 0.451. The Hall–Kier alpha value is -1.55. The highest BCUT2D eigenvalue weighted by molar-refractivity contribution is 5.85. The van der Waals surface area contributed by atoms with Gasteiger partial charge in [0.2, 0.25) is 5.91 Å². The summed E-state index contributed by atoms with van der Waals surface area (Å²) < 4.78 is 5.27. The molecular weight excluding hydrogens is 230 g/mol. The minimum atomic E-state index is -0.503. The standard InChI is InChI=1S/C14H19NO3/c1-15(13(17)14(10-16)7-8-14)9-11-5-3-4-6-12(11)18-2/h3-6,16H,7-10H2,1-2H3. The zero-order valence-electron chi connectivity index (χ0n) is 10.8. The van der Waals surface area contributed by atoms with Crippen LogP contribution in [0, 0.1) is 5.41 Å². The van der Waals surface area contributed by atoms with Gasteiger partial charge in [-0.15, -0.1) is 0 Å². The first kappa shape index (κ1) is 12.9. The van der Waals surface area contributed by atoms with E-state index in [1.165, 1.54) is 0 Å². The molecule has 0 heterocycles. The van der Waals surface area contributed by atoms with Gasteiger partial charge in [-0.25, -0.2) is 0 Å². The van der Waals surface area contributed by atoms with Gasteiger partial charge in [0.05, 0.1) is 19.1 Å². The average molecular weight is 249 g/mol. The molecule has 0 aliphatic heterocycles. The molecule has 0 spiro atoms. The van der Waals surface area contributed by atoms with E-state index < -0.39 is 5.41 Å². The lowest BCUT2D eigenvalue weighted by Crippen LogP contribution is -2.35. The second kappa shape index (κ2) is 4.98. The van der Waals surface area contributed by atoms with Crippen LogP contribution in [0.4, 0.5) is 0 Å². The minimum absolute atomic E-state index is 0.0240. The monoisotopic (exact) mass is 249 g/mol. The molecule has 1 aromatic carbocycles. The normalized spacial score (nSPS) is 16.2. The second-order valence-corrected chi connectivity index (χ2v) is 4.91. The maximum Gasteiger partial charge on any atom is 0.231 e. The van der Waals surface area contributed by atoms with E-state index in [2.05, 4.69) is 0 Å². The quantitative estimate of drug-likeness (QED) is 0.858. The molecule has 1 fully saturated rings. The molecule has 2 rings (SSSR count). The van der Waals surface area contributed by atoms with Gasteiger partial charge in [-0.2, -0.15) is 0 Å². The van der Waals surface area contributed by atoms with E-state index in [9.17, 15) is 9.90 Å². The number of carbonyl (C=O) groups is 1. The van der Waals surface area contributed by atoms with Gasteiger partial charge in [0.25, 0.3) is 0 Å². The summed E-state index contributed by atoms with van der Waals surface area (Å²) >= 11 is 0. The highest BCUT2D eigenvalue weighted by atomic mass is 16.5. The third-order valence-electron chi connectivity index (χ3n) is 3.56. The SMILES string of the molecule is COc1ccccc1CN(C)C(=O)C1(CO)CC1. The number of nitrogens with zero attached hydrogens (tertiary/aromatic N) is 1. The van der Waals surface area contributed by atoms with E-state index in [0.717, 1.165) is 24.2 Å². The van der Waals surface area contributed by atoms with Crippen LogP contribution in [0.2, 0.25) is 0 Å². The zero-order valence-corrected chi connectivity index (χ0v) is 10.8. The van der Waals surface area contributed by atoms with Crippen molar-refractivity contribution >= 4 is 5.91 Å². The lowest BCUT2D eigenvalue weighted by Gasteiger charge is -2.23. The molecule has 4 nitrogen and oxygen atoms in total. The minimum Gasteiger partial charge on any atom is -0.496 e. The smallest absolute Gasteiger partial charge is 0.231 e. The number of methoxy groups -OCH3 is 1. The van der Waals surface area contributed by atoms with E-state index in [-0.39, 0.29) is 12.5 Å². The molecule has 1 N–H and O–H groups in total. The van der Waals surface area contributed by atoms with Crippen LogP contribution < -0.4 is 4.74 Å². The fourth-order valence-electron chi connectivity index (χ4n) is 2.16. The van der Waals surface area contributed by atoms with E-state index in [4.69, 9.17) is 4.74 Å². The molecule has 1 saturated carbocycles. The van der Waals surface area contributed by atoms with Gasteiger partial charge in [0.15, 0.2) is 0 Å². The molecule has 1 aliphatic rings. The molecular formula is C14H19NO3. The first-order chi connectivity index (χ1) is 8.63. The third kappa shape index (κ3) is 2.34. The summed E-state index contributed by atoms with van der Waals surface area (Å²) in [5.41, 5.74) is 0.473. The fourth-order valence-corrected chi connectivity index (χ4v) is 2.16. The molecule has 18 heavy (non-hydrogen) atoms. The number of ether oxygens (including phenoxy) is 1. The zero-order chi connectivity index (χ0) is 13.2. The van der Waals surface area contributed by atoms with Crippen LogP contribution in [0.5, 0.6) is 5.75 Å². The Morgan fingerprint density at radius 3 is 2.67 bits per heavy atom. The van der Waals surface area contributed by atoms with Crippen LogP contribution in [-0.2, 0) is 11.3 Å². The number of aliphatic hydroxyl groups is 1. The Morgan fingerprint density at radius 2 is 2.11 bits per heavy atom. The van der Waals surface area contributed by atoms with Crippen molar-refractivity contribution in [2.75, 3.05) is 20.8 Å². The van der Waals surface area contributed by atoms with Crippen molar-refractivity contribution < 1.29 is 14.6 Å². The number of rotatable bonds is 5. The molecule has 1 aromatic rings. The van der Waals surface area contributed by atoms with Crippen molar-refractivity contribution in [2.45, 2.75) is 19.4 Å². The van der Waals surface area contributed by atoms with Gasteiger partial charge >= 0.3 is 0 Å². The van der Waals surface area contributed by atoms with Crippen LogP contribution in [0.15, 0.2) is 24.3 Å². The highest BCUT2D eigenvalue weighted by Crippen LogP contribution is 2.46. The molecule has 0 radical (unpaired) electrons. The molecule has 98 valence electrons. The number of amides is 1. The van der Waals surface area contributed by atoms with Crippen molar-refractivity contribution in [2.24, 2.45) is 5.41 Å². The van der Waals surface area contributed by atoms with Gasteiger partial charge in [-0.1, -0.05) is 18.2 Å². The number of hydrogen-bond acceptors (Lipinski definition) is 3. The Balaban J connectivity index is 2.07. The maximum atomic E-state index is 12.2. The first-order valence-electron chi connectivity index (χ1n) is 6.11. The lowest BCUT2D eigenvalue weighted by molar-refractivity contribution is -0.137. The number of aliphatic hydroxyl groups excluding tert-OH is 1. The van der Waals surface area contributed by atoms with Crippen molar-refractivity contribution in [1.82, 2.24) is 4.90 Å². The van der Waals surface area contributed by atoms with Crippen molar-refractivity contribution in [3.05, 3.63) is 29.8 Å². The summed E-state index contributed by atoms with van der Waals surface area (Å²) in [6, 6.07) is 7.66. The molecule has 0 unspecified atom stereocenters. The molecule has 0 aromatic heterocycles. The average Bonchev–Trinajstić information content (AvgIpc) is 3.19. The molecule has 0 bridgehead atoms. The molecule has 1 amide bonds. The number of benzene rings is 1. The van der Waals surface area contributed by atoms with Gasteiger partial charge in [-0.3, -0.25) is 4.79 Å². The van der Waals surface area contributed by atoms with Crippen molar-refractivity contribution in [3.8, 4) is 5.75 Å². The Kier molecular flexibility index (Phi) is 3.57. The van der Waals surface area contributed by atoms with E-state index >= 15 is 0 Å². The summed E-state index contributed by atoms with van der Waals surface area (Å²) in [5.74, 6) is 0.807. The van der Waals surface area contributed by atoms with Crippen LogP contribution in [-0.4, -0.2) is 36.7 Å². The Bertz CT molecular complexity index is 440. The van der Waals surface area contributed by atoms with Crippen molar-refractivity contribution in [3.63, 3.8) is 0 Å².